The standard InChI is InChI=1S/C18H17ClN4O/c1-11-15(12(2)24-23-11)4-3-7-21-18-13(9-20)10-22-17-6-5-14(19)8-16(17)18/h5-6,8,10H,3-4,7H2,1-2H3,(H,21,22). The summed E-state index contributed by atoms with van der Waals surface area (Å²) in [6.07, 6.45) is 3.37. The van der Waals surface area contributed by atoms with Gasteiger partial charge in [0.25, 0.3) is 0 Å². The number of halogens is 1. The summed E-state index contributed by atoms with van der Waals surface area (Å²) in [4.78, 5) is 4.30. The molecule has 1 aromatic carbocycles. The number of pyridine rings is 1. The third kappa shape index (κ3) is 3.19. The average Bonchev–Trinajstić information content (AvgIpc) is 2.90. The molecule has 0 aliphatic heterocycles. The van der Waals surface area contributed by atoms with Crippen molar-refractivity contribution in [3.05, 3.63) is 52.0 Å². The lowest BCUT2D eigenvalue weighted by Crippen LogP contribution is -2.06. The lowest BCUT2D eigenvalue weighted by atomic mass is 10.1. The molecule has 0 unspecified atom stereocenters. The second-order valence-corrected chi connectivity index (χ2v) is 6.09. The fourth-order valence-corrected chi connectivity index (χ4v) is 2.95. The van der Waals surface area contributed by atoms with E-state index in [-0.39, 0.29) is 0 Å². The predicted octanol–water partition coefficient (Wildman–Crippen LogP) is 4.41. The molecule has 0 spiro atoms. The quantitative estimate of drug-likeness (QED) is 0.696. The summed E-state index contributed by atoms with van der Waals surface area (Å²) in [6, 6.07) is 7.67. The summed E-state index contributed by atoms with van der Waals surface area (Å²) in [5.74, 6) is 0.867. The van der Waals surface area contributed by atoms with E-state index in [0.717, 1.165) is 53.0 Å². The minimum atomic E-state index is 0.516. The normalized spacial score (nSPS) is 10.8. The fourth-order valence-electron chi connectivity index (χ4n) is 2.78. The van der Waals surface area contributed by atoms with Crippen molar-refractivity contribution in [1.82, 2.24) is 10.1 Å². The van der Waals surface area contributed by atoms with Crippen LogP contribution in [0.25, 0.3) is 10.9 Å². The molecule has 122 valence electrons. The monoisotopic (exact) mass is 340 g/mol. The number of anilines is 1. The van der Waals surface area contributed by atoms with Crippen molar-refractivity contribution in [2.24, 2.45) is 0 Å². The molecule has 0 aliphatic carbocycles. The van der Waals surface area contributed by atoms with Crippen LogP contribution >= 0.6 is 11.6 Å². The summed E-state index contributed by atoms with van der Waals surface area (Å²) in [7, 11) is 0. The lowest BCUT2D eigenvalue weighted by Gasteiger charge is -2.11. The molecule has 3 rings (SSSR count). The highest BCUT2D eigenvalue weighted by Gasteiger charge is 2.11. The van der Waals surface area contributed by atoms with Gasteiger partial charge in [-0.3, -0.25) is 4.98 Å². The van der Waals surface area contributed by atoms with Gasteiger partial charge in [0, 0.05) is 28.7 Å². The van der Waals surface area contributed by atoms with E-state index in [4.69, 9.17) is 16.1 Å². The van der Waals surface area contributed by atoms with Gasteiger partial charge in [0.05, 0.1) is 22.5 Å². The van der Waals surface area contributed by atoms with Gasteiger partial charge in [0.2, 0.25) is 0 Å². The summed E-state index contributed by atoms with van der Waals surface area (Å²) >= 11 is 6.09. The predicted molar refractivity (Wildman–Crippen MR) is 94.3 cm³/mol. The van der Waals surface area contributed by atoms with Crippen molar-refractivity contribution in [2.45, 2.75) is 26.7 Å². The van der Waals surface area contributed by atoms with Gasteiger partial charge in [0.15, 0.2) is 0 Å². The number of nitriles is 1. The molecule has 2 heterocycles. The molecule has 1 N–H and O–H groups in total. The van der Waals surface area contributed by atoms with Crippen molar-refractivity contribution in [3.8, 4) is 6.07 Å². The van der Waals surface area contributed by atoms with E-state index in [2.05, 4.69) is 21.5 Å². The second-order valence-electron chi connectivity index (χ2n) is 5.65. The van der Waals surface area contributed by atoms with E-state index in [0.29, 0.717) is 10.6 Å². The Kier molecular flexibility index (Phi) is 4.68. The second kappa shape index (κ2) is 6.90. The molecular weight excluding hydrogens is 324 g/mol. The summed E-state index contributed by atoms with van der Waals surface area (Å²) in [5.41, 5.74) is 4.20. The summed E-state index contributed by atoms with van der Waals surface area (Å²) < 4.78 is 5.18. The molecule has 0 aliphatic rings. The molecule has 5 nitrogen and oxygen atoms in total. The van der Waals surface area contributed by atoms with E-state index in [1.54, 1.807) is 12.3 Å². The number of aromatic nitrogens is 2. The third-order valence-electron chi connectivity index (χ3n) is 4.04. The Morgan fingerprint density at radius 1 is 1.33 bits per heavy atom. The zero-order chi connectivity index (χ0) is 17.1. The first-order valence-corrected chi connectivity index (χ1v) is 8.12. The van der Waals surface area contributed by atoms with Crippen molar-refractivity contribution < 1.29 is 4.52 Å². The van der Waals surface area contributed by atoms with Gasteiger partial charge in [-0.2, -0.15) is 5.26 Å². The number of aryl methyl sites for hydroxylation is 2. The number of nitrogens with one attached hydrogen (secondary N) is 1. The summed E-state index contributed by atoms with van der Waals surface area (Å²) in [5, 5.41) is 18.2. The van der Waals surface area contributed by atoms with Crippen molar-refractivity contribution in [2.75, 3.05) is 11.9 Å². The van der Waals surface area contributed by atoms with Crippen molar-refractivity contribution in [1.29, 1.82) is 5.26 Å². The number of hydrogen-bond donors (Lipinski definition) is 1. The van der Waals surface area contributed by atoms with E-state index in [1.807, 2.05) is 26.0 Å². The van der Waals surface area contributed by atoms with Gasteiger partial charge in [-0.1, -0.05) is 16.8 Å². The van der Waals surface area contributed by atoms with E-state index < -0.39 is 0 Å². The van der Waals surface area contributed by atoms with E-state index >= 15 is 0 Å². The average molecular weight is 341 g/mol. The molecular formula is C18H17ClN4O. The molecule has 24 heavy (non-hydrogen) atoms. The Morgan fingerprint density at radius 3 is 2.88 bits per heavy atom. The van der Waals surface area contributed by atoms with Gasteiger partial charge >= 0.3 is 0 Å². The molecule has 2 aromatic heterocycles. The fraction of sp³-hybridized carbons (Fsp3) is 0.278. The van der Waals surface area contributed by atoms with Crippen LogP contribution in [0.4, 0.5) is 5.69 Å². The molecule has 0 amide bonds. The van der Waals surface area contributed by atoms with Crippen LogP contribution in [-0.4, -0.2) is 16.7 Å². The van der Waals surface area contributed by atoms with Crippen molar-refractivity contribution >= 4 is 28.2 Å². The molecule has 0 bridgehead atoms. The van der Waals surface area contributed by atoms with Gasteiger partial charge < -0.3 is 9.84 Å². The largest absolute Gasteiger partial charge is 0.383 e. The summed E-state index contributed by atoms with van der Waals surface area (Å²) in [6.45, 7) is 4.60. The van der Waals surface area contributed by atoms with Crippen LogP contribution < -0.4 is 5.32 Å². The maximum absolute atomic E-state index is 9.34. The Balaban J connectivity index is 1.77. The number of fused-ring (bicyclic) bond motifs is 1. The smallest absolute Gasteiger partial charge is 0.137 e. The molecule has 0 fully saturated rings. The zero-order valence-electron chi connectivity index (χ0n) is 13.6. The minimum Gasteiger partial charge on any atom is -0.383 e. The van der Waals surface area contributed by atoms with Gasteiger partial charge in [-0.15, -0.1) is 0 Å². The molecule has 0 radical (unpaired) electrons. The Morgan fingerprint density at radius 2 is 2.17 bits per heavy atom. The number of hydrogen-bond acceptors (Lipinski definition) is 5. The van der Waals surface area contributed by atoms with Crippen LogP contribution in [0.3, 0.4) is 0 Å². The van der Waals surface area contributed by atoms with Crippen LogP contribution in [0.15, 0.2) is 28.9 Å². The van der Waals surface area contributed by atoms with Crippen LogP contribution in [0, 0.1) is 25.2 Å². The van der Waals surface area contributed by atoms with Crippen LogP contribution in [-0.2, 0) is 6.42 Å². The van der Waals surface area contributed by atoms with Crippen molar-refractivity contribution in [3.63, 3.8) is 0 Å². The first-order valence-electron chi connectivity index (χ1n) is 7.74. The molecule has 0 saturated carbocycles. The maximum Gasteiger partial charge on any atom is 0.137 e. The Bertz CT molecular complexity index is 907. The topological polar surface area (TPSA) is 74.7 Å². The zero-order valence-corrected chi connectivity index (χ0v) is 14.3. The van der Waals surface area contributed by atoms with Gasteiger partial charge in [-0.25, -0.2) is 0 Å². The highest BCUT2D eigenvalue weighted by molar-refractivity contribution is 6.31. The van der Waals surface area contributed by atoms with E-state index in [1.165, 1.54) is 0 Å². The highest BCUT2D eigenvalue weighted by Crippen LogP contribution is 2.28. The SMILES string of the molecule is Cc1noc(C)c1CCCNc1c(C#N)cnc2ccc(Cl)cc12. The van der Waals surface area contributed by atoms with Crippen LogP contribution in [0.1, 0.15) is 29.0 Å². The maximum atomic E-state index is 9.34. The van der Waals surface area contributed by atoms with E-state index in [9.17, 15) is 5.26 Å². The minimum absolute atomic E-state index is 0.516. The van der Waals surface area contributed by atoms with Gasteiger partial charge in [-0.05, 0) is 44.9 Å². The molecule has 0 saturated heterocycles. The molecule has 0 atom stereocenters. The number of rotatable bonds is 5. The first kappa shape index (κ1) is 16.3. The number of nitrogens with zero attached hydrogens (tertiary/aromatic N) is 3. The third-order valence-corrected chi connectivity index (χ3v) is 4.27. The Labute approximate surface area is 145 Å². The van der Waals surface area contributed by atoms with Crippen LogP contribution in [0.5, 0.6) is 0 Å². The molecule has 6 heteroatoms. The highest BCUT2D eigenvalue weighted by atomic mass is 35.5. The molecule has 3 aromatic rings. The van der Waals surface area contributed by atoms with Gasteiger partial charge in [0.1, 0.15) is 11.8 Å². The van der Waals surface area contributed by atoms with Crippen LogP contribution in [0.2, 0.25) is 5.02 Å². The lowest BCUT2D eigenvalue weighted by molar-refractivity contribution is 0.392. The number of benzene rings is 1. The Hall–Kier alpha value is -2.58. The first-order chi connectivity index (χ1) is 11.6.